The van der Waals surface area contributed by atoms with Crippen molar-refractivity contribution < 1.29 is 9.66 Å². The van der Waals surface area contributed by atoms with Gasteiger partial charge in [0, 0.05) is 6.54 Å². The molecule has 1 aromatic carbocycles. The summed E-state index contributed by atoms with van der Waals surface area (Å²) in [7, 11) is 0. The Bertz CT molecular complexity index is 643. The van der Waals surface area contributed by atoms with Crippen molar-refractivity contribution in [3.63, 3.8) is 0 Å². The molecule has 2 heterocycles. The highest BCUT2D eigenvalue weighted by Crippen LogP contribution is 2.37. The maximum atomic E-state index is 11.3. The van der Waals surface area contributed by atoms with Crippen molar-refractivity contribution in [2.45, 2.75) is 19.4 Å². The largest absolute Gasteiger partial charge is 0.482 e. The van der Waals surface area contributed by atoms with E-state index >= 15 is 0 Å². The van der Waals surface area contributed by atoms with Gasteiger partial charge in [-0.25, -0.2) is 4.98 Å². The average molecular weight is 293 g/mol. The summed E-state index contributed by atoms with van der Waals surface area (Å²) < 4.78 is 6.70. The maximum absolute atomic E-state index is 11.3. The zero-order valence-electron chi connectivity index (χ0n) is 11.0. The highest BCUT2D eigenvalue weighted by molar-refractivity contribution is 7.16. The van der Waals surface area contributed by atoms with E-state index in [9.17, 15) is 10.1 Å². The van der Waals surface area contributed by atoms with E-state index in [1.165, 1.54) is 11.3 Å². The van der Waals surface area contributed by atoms with Crippen LogP contribution in [0.25, 0.3) is 10.2 Å². The minimum atomic E-state index is -0.404. The molecule has 0 radical (unpaired) electrons. The normalized spacial score (nSPS) is 22.9. The Kier molecular flexibility index (Phi) is 3.54. The van der Waals surface area contributed by atoms with Crippen molar-refractivity contribution in [2.75, 3.05) is 13.1 Å². The van der Waals surface area contributed by atoms with Crippen LogP contribution in [-0.2, 0) is 0 Å². The molecule has 1 aromatic heterocycles. The van der Waals surface area contributed by atoms with E-state index in [-0.39, 0.29) is 11.8 Å². The molecule has 7 heteroatoms. The third-order valence-corrected chi connectivity index (χ3v) is 4.45. The standard InChI is InChI=1S/C13H15N3O3S/c1-8-4-5-14-6-10(8)19-9-2-3-11-12(15-7-20-11)13(9)16(17)18/h2-3,7-8,10,14H,4-6H2,1H3. The van der Waals surface area contributed by atoms with Crippen LogP contribution in [0.2, 0.25) is 0 Å². The fraction of sp³-hybridized carbons (Fsp3) is 0.462. The average Bonchev–Trinajstić information content (AvgIpc) is 2.88. The zero-order valence-corrected chi connectivity index (χ0v) is 11.9. The summed E-state index contributed by atoms with van der Waals surface area (Å²) in [5, 5.41) is 14.6. The first kappa shape index (κ1) is 13.3. The molecule has 1 aliphatic rings. The summed E-state index contributed by atoms with van der Waals surface area (Å²) in [6.45, 7) is 3.79. The molecule has 0 spiro atoms. The molecule has 20 heavy (non-hydrogen) atoms. The third kappa shape index (κ3) is 2.34. The van der Waals surface area contributed by atoms with Crippen LogP contribution in [0.5, 0.6) is 5.75 Å². The maximum Gasteiger partial charge on any atom is 0.337 e. The Morgan fingerprint density at radius 3 is 3.15 bits per heavy atom. The molecule has 0 saturated carbocycles. The fourth-order valence-electron chi connectivity index (χ4n) is 2.45. The Labute approximate surface area is 119 Å². The van der Waals surface area contributed by atoms with Crippen LogP contribution < -0.4 is 10.1 Å². The van der Waals surface area contributed by atoms with E-state index in [2.05, 4.69) is 17.2 Å². The van der Waals surface area contributed by atoms with E-state index in [1.54, 1.807) is 11.6 Å². The van der Waals surface area contributed by atoms with Crippen molar-refractivity contribution >= 4 is 27.2 Å². The molecule has 6 nitrogen and oxygen atoms in total. The van der Waals surface area contributed by atoms with Crippen molar-refractivity contribution in [2.24, 2.45) is 5.92 Å². The van der Waals surface area contributed by atoms with Gasteiger partial charge in [0.2, 0.25) is 0 Å². The predicted octanol–water partition coefficient (Wildman–Crippen LogP) is 2.58. The number of nitrogens with zero attached hydrogens (tertiary/aromatic N) is 2. The lowest BCUT2D eigenvalue weighted by molar-refractivity contribution is -0.384. The molecule has 1 aliphatic heterocycles. The lowest BCUT2D eigenvalue weighted by Gasteiger charge is -2.29. The van der Waals surface area contributed by atoms with Gasteiger partial charge < -0.3 is 10.1 Å². The second-order valence-corrected chi connectivity index (χ2v) is 5.88. The zero-order chi connectivity index (χ0) is 14.1. The molecular weight excluding hydrogens is 278 g/mol. The molecule has 2 unspecified atom stereocenters. The molecule has 0 bridgehead atoms. The summed E-state index contributed by atoms with van der Waals surface area (Å²) in [5.41, 5.74) is 2.00. The Morgan fingerprint density at radius 1 is 1.55 bits per heavy atom. The van der Waals surface area contributed by atoms with E-state index in [0.29, 0.717) is 23.7 Å². The number of benzene rings is 1. The minimum absolute atomic E-state index is 0.0264. The number of nitrogens with one attached hydrogen (secondary N) is 1. The van der Waals surface area contributed by atoms with Gasteiger partial charge in [0.05, 0.1) is 15.1 Å². The Balaban J connectivity index is 1.97. The lowest BCUT2D eigenvalue weighted by atomic mass is 9.97. The SMILES string of the molecule is CC1CCNCC1Oc1ccc2scnc2c1[N+](=O)[O-]. The molecule has 0 amide bonds. The second kappa shape index (κ2) is 5.34. The van der Waals surface area contributed by atoms with Gasteiger partial charge in [-0.3, -0.25) is 10.1 Å². The van der Waals surface area contributed by atoms with E-state index < -0.39 is 4.92 Å². The predicted molar refractivity (Wildman–Crippen MR) is 77.3 cm³/mol. The van der Waals surface area contributed by atoms with Gasteiger partial charge in [-0.2, -0.15) is 0 Å². The number of ether oxygens (including phenoxy) is 1. The van der Waals surface area contributed by atoms with E-state index in [0.717, 1.165) is 17.7 Å². The molecule has 1 fully saturated rings. The van der Waals surface area contributed by atoms with Crippen LogP contribution in [0.4, 0.5) is 5.69 Å². The van der Waals surface area contributed by atoms with Crippen LogP contribution >= 0.6 is 11.3 Å². The van der Waals surface area contributed by atoms with Gasteiger partial charge in [0.1, 0.15) is 6.10 Å². The van der Waals surface area contributed by atoms with Gasteiger partial charge in [-0.15, -0.1) is 11.3 Å². The van der Waals surface area contributed by atoms with E-state index in [1.807, 2.05) is 6.07 Å². The number of hydrogen-bond acceptors (Lipinski definition) is 6. The minimum Gasteiger partial charge on any atom is -0.482 e. The topological polar surface area (TPSA) is 77.3 Å². The van der Waals surface area contributed by atoms with Gasteiger partial charge in [-0.1, -0.05) is 6.92 Å². The fourth-order valence-corrected chi connectivity index (χ4v) is 3.13. The molecule has 3 rings (SSSR count). The Morgan fingerprint density at radius 2 is 2.40 bits per heavy atom. The highest BCUT2D eigenvalue weighted by atomic mass is 32.1. The summed E-state index contributed by atoms with van der Waals surface area (Å²) in [6.07, 6.45) is 0.968. The quantitative estimate of drug-likeness (QED) is 0.695. The summed E-state index contributed by atoms with van der Waals surface area (Å²) >= 11 is 1.39. The summed E-state index contributed by atoms with van der Waals surface area (Å²) in [5.74, 6) is 0.691. The number of nitro groups is 1. The first-order valence-electron chi connectivity index (χ1n) is 6.55. The number of hydrogen-bond donors (Lipinski definition) is 1. The summed E-state index contributed by atoms with van der Waals surface area (Å²) in [6, 6.07) is 3.51. The number of nitro benzene ring substituents is 1. The Hall–Kier alpha value is -1.73. The number of rotatable bonds is 3. The van der Waals surface area contributed by atoms with Gasteiger partial charge in [-0.05, 0) is 31.0 Å². The van der Waals surface area contributed by atoms with Crippen molar-refractivity contribution in [3.05, 3.63) is 27.8 Å². The molecule has 1 N–H and O–H groups in total. The van der Waals surface area contributed by atoms with Gasteiger partial charge >= 0.3 is 5.69 Å². The van der Waals surface area contributed by atoms with Crippen LogP contribution in [-0.4, -0.2) is 29.1 Å². The summed E-state index contributed by atoms with van der Waals surface area (Å²) in [4.78, 5) is 15.0. The number of aromatic nitrogens is 1. The number of fused-ring (bicyclic) bond motifs is 1. The molecule has 106 valence electrons. The third-order valence-electron chi connectivity index (χ3n) is 3.66. The van der Waals surface area contributed by atoms with Crippen LogP contribution in [0, 0.1) is 16.0 Å². The molecule has 2 atom stereocenters. The molecule has 1 saturated heterocycles. The van der Waals surface area contributed by atoms with Gasteiger partial charge in [0.15, 0.2) is 11.3 Å². The van der Waals surface area contributed by atoms with Gasteiger partial charge in [0.25, 0.3) is 0 Å². The van der Waals surface area contributed by atoms with Crippen LogP contribution in [0.1, 0.15) is 13.3 Å². The van der Waals surface area contributed by atoms with Crippen LogP contribution in [0.3, 0.4) is 0 Å². The first-order valence-corrected chi connectivity index (χ1v) is 7.42. The van der Waals surface area contributed by atoms with Crippen molar-refractivity contribution in [3.8, 4) is 5.75 Å². The van der Waals surface area contributed by atoms with Crippen molar-refractivity contribution in [1.82, 2.24) is 10.3 Å². The molecular formula is C13H15N3O3S. The number of thiazole rings is 1. The monoisotopic (exact) mass is 293 g/mol. The van der Waals surface area contributed by atoms with Crippen molar-refractivity contribution in [1.29, 1.82) is 0 Å². The second-order valence-electron chi connectivity index (χ2n) is 4.99. The first-order chi connectivity index (χ1) is 9.66. The van der Waals surface area contributed by atoms with Crippen LogP contribution in [0.15, 0.2) is 17.6 Å². The number of piperidine rings is 1. The highest BCUT2D eigenvalue weighted by Gasteiger charge is 2.28. The smallest absolute Gasteiger partial charge is 0.337 e. The lowest BCUT2D eigenvalue weighted by Crippen LogP contribution is -2.42. The molecule has 2 aromatic rings. The molecule has 0 aliphatic carbocycles. The van der Waals surface area contributed by atoms with E-state index in [4.69, 9.17) is 4.74 Å².